The fourth-order valence-electron chi connectivity index (χ4n) is 1.61. The van der Waals surface area contributed by atoms with Crippen LogP contribution in [0.5, 0.6) is 5.75 Å². The fraction of sp³-hybridized carbons (Fsp3) is 0.500. The summed E-state index contributed by atoms with van der Waals surface area (Å²) in [6.45, 7) is 4.67. The fourth-order valence-corrected chi connectivity index (χ4v) is 1.61. The molecule has 0 fully saturated rings. The molecule has 118 valence electrons. The van der Waals surface area contributed by atoms with Crippen LogP contribution in [0.15, 0.2) is 18.2 Å². The van der Waals surface area contributed by atoms with Crippen LogP contribution in [0.25, 0.3) is 0 Å². The number of alkyl halides is 3. The third kappa shape index (κ3) is 4.54. The van der Waals surface area contributed by atoms with Gasteiger partial charge in [-0.25, -0.2) is 4.79 Å². The number of anilines is 1. The highest BCUT2D eigenvalue weighted by Crippen LogP contribution is 2.35. The monoisotopic (exact) mass is 305 g/mol. The zero-order chi connectivity index (χ0) is 16.3. The minimum Gasteiger partial charge on any atom is -0.476 e. The first-order valence-electron chi connectivity index (χ1n) is 6.36. The van der Waals surface area contributed by atoms with Crippen molar-refractivity contribution < 1.29 is 27.4 Å². The van der Waals surface area contributed by atoms with Crippen LogP contribution >= 0.6 is 0 Å². The van der Waals surface area contributed by atoms with E-state index in [0.29, 0.717) is 0 Å². The lowest BCUT2D eigenvalue weighted by atomic mass is 10.1. The zero-order valence-electron chi connectivity index (χ0n) is 12.3. The lowest BCUT2D eigenvalue weighted by molar-refractivity contribution is -0.158. The van der Waals surface area contributed by atoms with Gasteiger partial charge in [-0.1, -0.05) is 0 Å². The molecule has 0 saturated carbocycles. The van der Waals surface area contributed by atoms with Crippen LogP contribution in [-0.2, 0) is 15.7 Å². The second-order valence-electron chi connectivity index (χ2n) is 4.83. The van der Waals surface area contributed by atoms with E-state index in [1.807, 2.05) is 0 Å². The maximum Gasteiger partial charge on any atom is 0.416 e. The minimum atomic E-state index is -4.50. The Hall–Kier alpha value is -1.92. The largest absolute Gasteiger partial charge is 0.476 e. The summed E-state index contributed by atoms with van der Waals surface area (Å²) in [4.78, 5) is 11.7. The number of esters is 1. The number of nitrogens with one attached hydrogen (secondary N) is 1. The van der Waals surface area contributed by atoms with E-state index >= 15 is 0 Å². The van der Waals surface area contributed by atoms with E-state index in [1.165, 1.54) is 27.0 Å². The number of ether oxygens (including phenoxy) is 2. The molecule has 1 N–H and O–H groups in total. The first-order valence-corrected chi connectivity index (χ1v) is 6.36. The Morgan fingerprint density at radius 1 is 1.24 bits per heavy atom. The number of rotatable bonds is 5. The number of carbonyl (C=O) groups is 1. The molecule has 0 aliphatic carbocycles. The van der Waals surface area contributed by atoms with Crippen molar-refractivity contribution in [1.29, 1.82) is 0 Å². The minimum absolute atomic E-state index is 0.0628. The molecule has 7 heteroatoms. The topological polar surface area (TPSA) is 47.6 Å². The summed E-state index contributed by atoms with van der Waals surface area (Å²) in [6, 6.07) is 3.20. The molecule has 0 aliphatic rings. The molecule has 1 aromatic carbocycles. The standard InChI is InChI=1S/C14H18F3NO3/c1-5-20-12(19)13(2,3)21-11-7-9(14(15,16)17)6-10(8-11)18-4/h6-8,18H,5H2,1-4H3. The number of halogens is 3. The average molecular weight is 305 g/mol. The van der Waals surface area contributed by atoms with Crippen LogP contribution in [-0.4, -0.2) is 25.2 Å². The van der Waals surface area contributed by atoms with Crippen LogP contribution in [0.3, 0.4) is 0 Å². The van der Waals surface area contributed by atoms with Gasteiger partial charge in [-0.15, -0.1) is 0 Å². The van der Waals surface area contributed by atoms with Gasteiger partial charge in [0, 0.05) is 18.8 Å². The van der Waals surface area contributed by atoms with Crippen molar-refractivity contribution in [2.24, 2.45) is 0 Å². The summed E-state index contributed by atoms with van der Waals surface area (Å²) in [6.07, 6.45) is -4.50. The van der Waals surface area contributed by atoms with E-state index in [0.717, 1.165) is 12.1 Å². The Bertz CT molecular complexity index is 513. The van der Waals surface area contributed by atoms with Gasteiger partial charge in [0.15, 0.2) is 5.60 Å². The molecule has 0 spiro atoms. The van der Waals surface area contributed by atoms with E-state index < -0.39 is 23.3 Å². The maximum absolute atomic E-state index is 12.8. The molecule has 4 nitrogen and oxygen atoms in total. The van der Waals surface area contributed by atoms with E-state index in [2.05, 4.69) is 5.32 Å². The van der Waals surface area contributed by atoms with Crippen molar-refractivity contribution in [1.82, 2.24) is 0 Å². The predicted octanol–water partition coefficient (Wildman–Crippen LogP) is 3.47. The Kier molecular flexibility index (Phi) is 5.09. The Morgan fingerprint density at radius 2 is 1.86 bits per heavy atom. The van der Waals surface area contributed by atoms with Crippen molar-refractivity contribution in [3.63, 3.8) is 0 Å². The molecule has 0 heterocycles. The molecule has 0 saturated heterocycles. The highest BCUT2D eigenvalue weighted by molar-refractivity contribution is 5.79. The van der Waals surface area contributed by atoms with Gasteiger partial charge in [0.05, 0.1) is 12.2 Å². The van der Waals surface area contributed by atoms with E-state index in [4.69, 9.17) is 9.47 Å². The molecule has 0 aliphatic heterocycles. The predicted molar refractivity (Wildman–Crippen MR) is 72.3 cm³/mol. The molecule has 0 atom stereocenters. The van der Waals surface area contributed by atoms with Crippen molar-refractivity contribution >= 4 is 11.7 Å². The smallest absolute Gasteiger partial charge is 0.416 e. The molecular formula is C14H18F3NO3. The number of carbonyl (C=O) groups excluding carboxylic acids is 1. The molecule has 21 heavy (non-hydrogen) atoms. The van der Waals surface area contributed by atoms with Crippen molar-refractivity contribution in [2.75, 3.05) is 19.0 Å². The number of hydrogen-bond donors (Lipinski definition) is 1. The van der Waals surface area contributed by atoms with Gasteiger partial charge in [0.2, 0.25) is 0 Å². The van der Waals surface area contributed by atoms with Gasteiger partial charge in [-0.2, -0.15) is 13.2 Å². The van der Waals surface area contributed by atoms with Crippen molar-refractivity contribution in [3.8, 4) is 5.75 Å². The second kappa shape index (κ2) is 6.24. The van der Waals surface area contributed by atoms with E-state index in [-0.39, 0.29) is 18.0 Å². The van der Waals surface area contributed by atoms with Gasteiger partial charge in [-0.05, 0) is 32.9 Å². The first-order chi connectivity index (χ1) is 9.60. The zero-order valence-corrected chi connectivity index (χ0v) is 12.3. The molecular weight excluding hydrogens is 287 g/mol. The van der Waals surface area contributed by atoms with E-state index in [1.54, 1.807) is 6.92 Å². The summed E-state index contributed by atoms with van der Waals surface area (Å²) in [7, 11) is 1.50. The van der Waals surface area contributed by atoms with Crippen LogP contribution in [0.1, 0.15) is 26.3 Å². The lowest BCUT2D eigenvalue weighted by Gasteiger charge is -2.25. The molecule has 1 aromatic rings. The molecule has 0 bridgehead atoms. The molecule has 0 unspecified atom stereocenters. The van der Waals surface area contributed by atoms with Gasteiger partial charge in [-0.3, -0.25) is 0 Å². The quantitative estimate of drug-likeness (QED) is 0.846. The van der Waals surface area contributed by atoms with Crippen LogP contribution in [0.4, 0.5) is 18.9 Å². The summed E-state index contributed by atoms with van der Waals surface area (Å²) in [5.41, 5.74) is -2.01. The Labute approximate surface area is 121 Å². The molecule has 0 aromatic heterocycles. The summed E-state index contributed by atoms with van der Waals surface area (Å²) in [5.74, 6) is -0.708. The summed E-state index contributed by atoms with van der Waals surface area (Å²) >= 11 is 0. The number of hydrogen-bond acceptors (Lipinski definition) is 4. The molecule has 0 amide bonds. The third-order valence-corrected chi connectivity index (χ3v) is 2.66. The van der Waals surface area contributed by atoms with Crippen LogP contribution in [0, 0.1) is 0 Å². The normalized spacial score (nSPS) is 12.0. The van der Waals surface area contributed by atoms with Gasteiger partial charge < -0.3 is 14.8 Å². The SMILES string of the molecule is CCOC(=O)C(C)(C)Oc1cc(NC)cc(C(F)(F)F)c1. The van der Waals surface area contributed by atoms with Gasteiger partial charge >= 0.3 is 12.1 Å². The van der Waals surface area contributed by atoms with Crippen molar-refractivity contribution in [2.45, 2.75) is 32.5 Å². The van der Waals surface area contributed by atoms with E-state index in [9.17, 15) is 18.0 Å². The highest BCUT2D eigenvalue weighted by Gasteiger charge is 2.34. The van der Waals surface area contributed by atoms with Gasteiger partial charge in [0.25, 0.3) is 0 Å². The van der Waals surface area contributed by atoms with Crippen molar-refractivity contribution in [3.05, 3.63) is 23.8 Å². The van der Waals surface area contributed by atoms with Gasteiger partial charge in [0.1, 0.15) is 5.75 Å². The Morgan fingerprint density at radius 3 is 2.33 bits per heavy atom. The summed E-state index contributed by atoms with van der Waals surface area (Å²) in [5, 5.41) is 2.62. The van der Waals surface area contributed by atoms with Crippen LogP contribution < -0.4 is 10.1 Å². The number of benzene rings is 1. The summed E-state index contributed by atoms with van der Waals surface area (Å²) < 4.78 is 48.7. The molecule has 1 rings (SSSR count). The third-order valence-electron chi connectivity index (χ3n) is 2.66. The molecule has 0 radical (unpaired) electrons. The maximum atomic E-state index is 12.8. The average Bonchev–Trinajstić information content (AvgIpc) is 2.37. The second-order valence-corrected chi connectivity index (χ2v) is 4.83. The highest BCUT2D eigenvalue weighted by atomic mass is 19.4. The first kappa shape index (κ1) is 17.1. The van der Waals surface area contributed by atoms with Crippen LogP contribution in [0.2, 0.25) is 0 Å². The lowest BCUT2D eigenvalue weighted by Crippen LogP contribution is -2.39. The Balaban J connectivity index is 3.10.